The highest BCUT2D eigenvalue weighted by atomic mass is 32.2. The minimum Gasteiger partial charge on any atom is -0.400 e. The van der Waals surface area contributed by atoms with Gasteiger partial charge in [-0.25, -0.2) is 0 Å². The number of thioether (sulfide) groups is 1. The summed E-state index contributed by atoms with van der Waals surface area (Å²) in [7, 11) is -0.885. The lowest BCUT2D eigenvalue weighted by molar-refractivity contribution is -0.137. The third-order valence-corrected chi connectivity index (χ3v) is 5.74. The van der Waals surface area contributed by atoms with Gasteiger partial charge in [-0.05, 0) is 44.8 Å². The summed E-state index contributed by atoms with van der Waals surface area (Å²) in [6.45, 7) is 8.73. The van der Waals surface area contributed by atoms with Crippen LogP contribution in [-0.2, 0) is 20.3 Å². The van der Waals surface area contributed by atoms with E-state index in [0.29, 0.717) is 11.8 Å². The molecule has 0 spiro atoms. The van der Waals surface area contributed by atoms with Crippen LogP contribution in [0, 0.1) is 0 Å². The van der Waals surface area contributed by atoms with Crippen LogP contribution in [0.25, 0.3) is 6.08 Å². The van der Waals surface area contributed by atoms with E-state index in [4.69, 9.17) is 9.31 Å². The van der Waals surface area contributed by atoms with E-state index in [1.54, 1.807) is 0 Å². The summed E-state index contributed by atoms with van der Waals surface area (Å²) in [5.74, 6) is 0.124. The van der Waals surface area contributed by atoms with Crippen LogP contribution < -0.4 is 0 Å². The van der Waals surface area contributed by atoms with Crippen molar-refractivity contribution >= 4 is 36.4 Å². The predicted octanol–water partition coefficient (Wildman–Crippen LogP) is 4.81. The molecule has 0 bridgehead atoms. The summed E-state index contributed by atoms with van der Waals surface area (Å²) >= 11 is 0.962. The van der Waals surface area contributed by atoms with Crippen molar-refractivity contribution < 1.29 is 32.1 Å². The van der Waals surface area contributed by atoms with Gasteiger partial charge in [0.05, 0.1) is 16.8 Å². The lowest BCUT2D eigenvalue weighted by Crippen LogP contribution is -2.41. The van der Waals surface area contributed by atoms with Crippen molar-refractivity contribution in [3.05, 3.63) is 40.4 Å². The van der Waals surface area contributed by atoms with E-state index >= 15 is 0 Å². The summed E-state index contributed by atoms with van der Waals surface area (Å²) in [6.07, 6.45) is -2.95. The molecular formula is C19H22BF3O4S. The van der Waals surface area contributed by atoms with Gasteiger partial charge in [0.25, 0.3) is 0 Å². The van der Waals surface area contributed by atoms with Gasteiger partial charge in [-0.2, -0.15) is 13.2 Å². The topological polar surface area (TPSA) is 52.6 Å². The van der Waals surface area contributed by atoms with Crippen molar-refractivity contribution in [1.82, 2.24) is 0 Å². The summed E-state index contributed by atoms with van der Waals surface area (Å²) < 4.78 is 52.4. The number of hydrogen-bond acceptors (Lipinski definition) is 5. The second-order valence-corrected chi connectivity index (χ2v) is 8.70. The molecule has 0 radical (unpaired) electrons. The summed E-state index contributed by atoms with van der Waals surface area (Å²) in [5, 5.41) is -0.172. The van der Waals surface area contributed by atoms with Crippen molar-refractivity contribution in [3.8, 4) is 0 Å². The zero-order valence-electron chi connectivity index (χ0n) is 16.3. The van der Waals surface area contributed by atoms with Gasteiger partial charge < -0.3 is 9.31 Å². The molecule has 1 aromatic rings. The molecule has 1 aliphatic rings. The van der Waals surface area contributed by atoms with Crippen LogP contribution >= 0.6 is 11.8 Å². The SMILES string of the molecule is CC(=O)SCC(=Cc1ccc(C=O)cc1C(F)(F)F)B1OC(C)(C)C(C)(C)O1. The number of rotatable bonds is 5. The Balaban J connectivity index is 2.52. The Labute approximate surface area is 167 Å². The number of carbonyl (C=O) groups excluding carboxylic acids is 2. The van der Waals surface area contributed by atoms with Crippen LogP contribution in [0.15, 0.2) is 23.7 Å². The number of hydrogen-bond donors (Lipinski definition) is 0. The molecule has 4 nitrogen and oxygen atoms in total. The Hall–Kier alpha value is -1.58. The molecule has 0 unspecified atom stereocenters. The van der Waals surface area contributed by atoms with Crippen molar-refractivity contribution in [2.45, 2.75) is 52.0 Å². The van der Waals surface area contributed by atoms with Gasteiger partial charge in [0, 0.05) is 18.2 Å². The van der Waals surface area contributed by atoms with Gasteiger partial charge in [0.2, 0.25) is 0 Å². The molecule has 2 rings (SSSR count). The van der Waals surface area contributed by atoms with Gasteiger partial charge in [-0.3, -0.25) is 9.59 Å². The molecule has 1 fully saturated rings. The maximum absolute atomic E-state index is 13.5. The predicted molar refractivity (Wildman–Crippen MR) is 104 cm³/mol. The lowest BCUT2D eigenvalue weighted by atomic mass is 9.78. The van der Waals surface area contributed by atoms with Crippen LogP contribution in [0.2, 0.25) is 0 Å². The standard InChI is InChI=1S/C19H22BF3O4S/c1-12(25)28-11-15(20-26-17(2,3)18(4,5)27-20)9-14-7-6-13(10-24)8-16(14)19(21,22)23/h6-10H,11H2,1-5H3. The van der Waals surface area contributed by atoms with E-state index in [0.717, 1.165) is 17.8 Å². The van der Waals surface area contributed by atoms with Crippen LogP contribution in [0.1, 0.15) is 56.1 Å². The van der Waals surface area contributed by atoms with Crippen molar-refractivity contribution in [2.24, 2.45) is 0 Å². The number of carbonyl (C=O) groups is 2. The highest BCUT2D eigenvalue weighted by Crippen LogP contribution is 2.40. The van der Waals surface area contributed by atoms with E-state index in [2.05, 4.69) is 0 Å². The van der Waals surface area contributed by atoms with Crippen molar-refractivity contribution in [2.75, 3.05) is 5.75 Å². The average Bonchev–Trinajstić information content (AvgIpc) is 2.78. The first kappa shape index (κ1) is 22.7. The summed E-state index contributed by atoms with van der Waals surface area (Å²) in [4.78, 5) is 22.3. The molecule has 152 valence electrons. The highest BCUT2D eigenvalue weighted by molar-refractivity contribution is 8.13. The van der Waals surface area contributed by atoms with Crippen LogP contribution in [0.4, 0.5) is 13.2 Å². The molecule has 1 heterocycles. The molecule has 0 amide bonds. The minimum atomic E-state index is -4.64. The number of alkyl halides is 3. The molecule has 0 aromatic heterocycles. The fourth-order valence-corrected chi connectivity index (χ4v) is 3.16. The third kappa shape index (κ3) is 5.07. The van der Waals surface area contributed by atoms with Gasteiger partial charge in [-0.1, -0.05) is 30.0 Å². The third-order valence-electron chi connectivity index (χ3n) is 4.86. The number of aldehydes is 1. The Kier molecular flexibility index (Phi) is 6.52. The molecule has 9 heteroatoms. The number of benzene rings is 1. The van der Waals surface area contributed by atoms with E-state index < -0.39 is 30.1 Å². The van der Waals surface area contributed by atoms with E-state index in [1.165, 1.54) is 25.1 Å². The monoisotopic (exact) mass is 414 g/mol. The van der Waals surface area contributed by atoms with Gasteiger partial charge in [0.15, 0.2) is 5.12 Å². The fourth-order valence-electron chi connectivity index (χ4n) is 2.58. The smallest absolute Gasteiger partial charge is 0.400 e. The highest BCUT2D eigenvalue weighted by Gasteiger charge is 2.52. The second kappa shape index (κ2) is 8.04. The maximum atomic E-state index is 13.5. The first-order valence-electron chi connectivity index (χ1n) is 8.63. The minimum absolute atomic E-state index is 0.0697. The van der Waals surface area contributed by atoms with E-state index in [-0.39, 0.29) is 22.0 Å². The van der Waals surface area contributed by atoms with E-state index in [1.807, 2.05) is 27.7 Å². The van der Waals surface area contributed by atoms with Gasteiger partial charge in [0.1, 0.15) is 6.29 Å². The molecule has 0 aliphatic carbocycles. The average molecular weight is 414 g/mol. The Bertz CT molecular complexity index is 787. The van der Waals surface area contributed by atoms with Gasteiger partial charge in [-0.15, -0.1) is 0 Å². The molecule has 28 heavy (non-hydrogen) atoms. The zero-order valence-corrected chi connectivity index (χ0v) is 17.2. The van der Waals surface area contributed by atoms with Crippen LogP contribution in [-0.4, -0.2) is 35.5 Å². The fraction of sp³-hybridized carbons (Fsp3) is 0.474. The van der Waals surface area contributed by atoms with Crippen LogP contribution in [0.3, 0.4) is 0 Å². The first-order chi connectivity index (χ1) is 12.8. The first-order valence-corrected chi connectivity index (χ1v) is 9.61. The van der Waals surface area contributed by atoms with Crippen LogP contribution in [0.5, 0.6) is 0 Å². The summed E-state index contributed by atoms with van der Waals surface area (Å²) in [5.41, 5.74) is -2.06. The molecule has 1 saturated heterocycles. The molecule has 0 saturated carbocycles. The molecular weight excluding hydrogens is 392 g/mol. The second-order valence-electron chi connectivity index (χ2n) is 7.55. The molecule has 0 atom stereocenters. The van der Waals surface area contributed by atoms with Crippen molar-refractivity contribution in [3.63, 3.8) is 0 Å². The molecule has 1 aliphatic heterocycles. The Morgan fingerprint density at radius 3 is 2.21 bits per heavy atom. The Morgan fingerprint density at radius 1 is 1.18 bits per heavy atom. The summed E-state index contributed by atoms with van der Waals surface area (Å²) in [6, 6.07) is 3.35. The van der Waals surface area contributed by atoms with Gasteiger partial charge >= 0.3 is 13.3 Å². The quantitative estimate of drug-likeness (QED) is 0.511. The largest absolute Gasteiger partial charge is 0.491 e. The number of halogens is 3. The molecule has 0 N–H and O–H groups in total. The molecule has 1 aromatic carbocycles. The maximum Gasteiger partial charge on any atom is 0.491 e. The van der Waals surface area contributed by atoms with Crippen molar-refractivity contribution in [1.29, 1.82) is 0 Å². The zero-order chi connectivity index (χ0) is 21.3. The lowest BCUT2D eigenvalue weighted by Gasteiger charge is -2.32. The normalized spacial score (nSPS) is 19.0. The van der Waals surface area contributed by atoms with E-state index in [9.17, 15) is 22.8 Å². The Morgan fingerprint density at radius 2 is 1.75 bits per heavy atom.